The molecule has 1 aromatic carbocycles. The summed E-state index contributed by atoms with van der Waals surface area (Å²) in [6.45, 7) is 4.20. The van der Waals surface area contributed by atoms with Gasteiger partial charge in [-0.15, -0.1) is 0 Å². The number of rotatable bonds is 5. The van der Waals surface area contributed by atoms with Gasteiger partial charge in [-0.05, 0) is 38.5 Å². The Morgan fingerprint density at radius 1 is 1.26 bits per heavy atom. The van der Waals surface area contributed by atoms with E-state index < -0.39 is 40.4 Å². The fourth-order valence-corrected chi connectivity index (χ4v) is 2.77. The van der Waals surface area contributed by atoms with Crippen LogP contribution in [0.2, 0.25) is 0 Å². The Labute approximate surface area is 152 Å². The molecule has 2 aromatic rings. The van der Waals surface area contributed by atoms with E-state index in [4.69, 9.17) is 0 Å². The number of nitrogens with zero attached hydrogens (tertiary/aromatic N) is 1. The average Bonchev–Trinajstić information content (AvgIpc) is 2.48. The molecule has 0 bridgehead atoms. The van der Waals surface area contributed by atoms with Gasteiger partial charge < -0.3 is 10.1 Å². The zero-order valence-electron chi connectivity index (χ0n) is 14.8. The molecule has 27 heavy (non-hydrogen) atoms. The van der Waals surface area contributed by atoms with E-state index in [0.717, 1.165) is 12.1 Å². The van der Waals surface area contributed by atoms with Gasteiger partial charge in [0.2, 0.25) is 0 Å². The lowest BCUT2D eigenvalue weighted by molar-refractivity contribution is -0.140. The predicted molar refractivity (Wildman–Crippen MR) is 89.0 cm³/mol. The average molecular weight is 386 g/mol. The summed E-state index contributed by atoms with van der Waals surface area (Å²) >= 11 is 0. The number of alkyl halides is 3. The molecule has 1 aromatic heterocycles. The van der Waals surface area contributed by atoms with Gasteiger partial charge in [0.05, 0.1) is 11.2 Å². The number of carbonyl (C=O) groups is 1. The van der Waals surface area contributed by atoms with Crippen molar-refractivity contribution in [3.63, 3.8) is 0 Å². The van der Waals surface area contributed by atoms with Crippen LogP contribution in [0.25, 0.3) is 0 Å². The fourth-order valence-electron chi connectivity index (χ4n) is 2.77. The maximum absolute atomic E-state index is 13.9. The molecule has 5 nitrogen and oxygen atoms in total. The smallest absolute Gasteiger partial charge is 0.390 e. The quantitative estimate of drug-likeness (QED) is 0.610. The highest BCUT2D eigenvalue weighted by atomic mass is 19.4. The van der Waals surface area contributed by atoms with Crippen LogP contribution in [0.15, 0.2) is 29.1 Å². The Kier molecular flexibility index (Phi) is 5.55. The second kappa shape index (κ2) is 7.22. The van der Waals surface area contributed by atoms with E-state index in [9.17, 15) is 32.3 Å². The number of aromatic amines is 1. The molecule has 0 amide bonds. The van der Waals surface area contributed by atoms with Crippen LogP contribution in [0.5, 0.6) is 0 Å². The standard InChI is InChI=1S/C18H18F4N2O3/c1-9-23-14(8-16(26)24-9)15(25)7-12(17(2,3)27)10-4-5-11(13(19)6-10)18(20,21)22/h4-6,8,12,27H,7H2,1-3H3,(H,23,24,26)/t12-/m0/s1. The van der Waals surface area contributed by atoms with Gasteiger partial charge in [-0.2, -0.15) is 13.2 Å². The third-order valence-corrected chi connectivity index (χ3v) is 4.09. The normalized spacial score (nSPS) is 13.5. The van der Waals surface area contributed by atoms with Gasteiger partial charge in [0.1, 0.15) is 17.3 Å². The first-order chi connectivity index (χ1) is 12.3. The maximum atomic E-state index is 13.9. The Hall–Kier alpha value is -2.55. The molecule has 0 saturated heterocycles. The molecular formula is C18H18F4N2O3. The molecule has 1 atom stereocenters. The number of H-pyrrole nitrogens is 1. The zero-order chi connectivity index (χ0) is 20.6. The van der Waals surface area contributed by atoms with Crippen molar-refractivity contribution in [1.29, 1.82) is 0 Å². The monoisotopic (exact) mass is 386 g/mol. The SMILES string of the molecule is Cc1nc(C(=O)C[C@@H](c2ccc(C(F)(F)F)c(F)c2)C(C)(C)O)cc(=O)[nH]1. The van der Waals surface area contributed by atoms with Gasteiger partial charge in [0, 0.05) is 18.4 Å². The Bertz CT molecular complexity index is 914. The number of aliphatic hydroxyl groups is 1. The molecule has 0 radical (unpaired) electrons. The van der Waals surface area contributed by atoms with Crippen LogP contribution in [0.4, 0.5) is 17.6 Å². The number of nitrogens with one attached hydrogen (secondary N) is 1. The molecule has 0 unspecified atom stereocenters. The first kappa shape index (κ1) is 20.8. The van der Waals surface area contributed by atoms with Gasteiger partial charge in [-0.25, -0.2) is 9.37 Å². The van der Waals surface area contributed by atoms with Crippen molar-refractivity contribution in [3.05, 3.63) is 63.1 Å². The number of carbonyl (C=O) groups excluding carboxylic acids is 1. The maximum Gasteiger partial charge on any atom is 0.419 e. The first-order valence-electron chi connectivity index (χ1n) is 7.99. The number of ketones is 1. The summed E-state index contributed by atoms with van der Waals surface area (Å²) in [5.74, 6) is -2.89. The number of halogens is 4. The van der Waals surface area contributed by atoms with E-state index in [2.05, 4.69) is 9.97 Å². The largest absolute Gasteiger partial charge is 0.419 e. The number of hydrogen-bond donors (Lipinski definition) is 2. The number of aryl methyl sites for hydroxylation is 1. The molecule has 146 valence electrons. The van der Waals surface area contributed by atoms with E-state index in [0.29, 0.717) is 12.1 Å². The Morgan fingerprint density at radius 2 is 1.89 bits per heavy atom. The molecule has 0 spiro atoms. The molecular weight excluding hydrogens is 368 g/mol. The van der Waals surface area contributed by atoms with Crippen molar-refractivity contribution < 1.29 is 27.5 Å². The summed E-state index contributed by atoms with van der Waals surface area (Å²) in [5.41, 5.74) is -3.62. The van der Waals surface area contributed by atoms with Crippen LogP contribution >= 0.6 is 0 Å². The highest BCUT2D eigenvalue weighted by molar-refractivity contribution is 5.94. The lowest BCUT2D eigenvalue weighted by Crippen LogP contribution is -2.31. The van der Waals surface area contributed by atoms with Crippen molar-refractivity contribution in [2.24, 2.45) is 0 Å². The lowest BCUT2D eigenvalue weighted by atomic mass is 9.80. The molecule has 0 aliphatic heterocycles. The van der Waals surface area contributed by atoms with Gasteiger partial charge >= 0.3 is 6.18 Å². The van der Waals surface area contributed by atoms with Crippen molar-refractivity contribution in [1.82, 2.24) is 9.97 Å². The highest BCUT2D eigenvalue weighted by Crippen LogP contribution is 2.36. The fraction of sp³-hybridized carbons (Fsp3) is 0.389. The van der Waals surface area contributed by atoms with Crippen molar-refractivity contribution in [3.8, 4) is 0 Å². The van der Waals surface area contributed by atoms with Gasteiger partial charge in [-0.1, -0.05) is 6.07 Å². The number of hydrogen-bond acceptors (Lipinski definition) is 4. The predicted octanol–water partition coefficient (Wildman–Crippen LogP) is 3.36. The third-order valence-electron chi connectivity index (χ3n) is 4.09. The van der Waals surface area contributed by atoms with Crippen LogP contribution in [0.3, 0.4) is 0 Å². The van der Waals surface area contributed by atoms with Crippen LogP contribution < -0.4 is 5.56 Å². The molecule has 9 heteroatoms. The van der Waals surface area contributed by atoms with Crippen LogP contribution in [-0.2, 0) is 6.18 Å². The molecule has 0 aliphatic carbocycles. The van der Waals surface area contributed by atoms with Crippen molar-refractivity contribution >= 4 is 5.78 Å². The molecule has 2 N–H and O–H groups in total. The summed E-state index contributed by atoms with van der Waals surface area (Å²) in [6.07, 6.45) is -5.22. The van der Waals surface area contributed by atoms with Crippen LogP contribution in [0.1, 0.15) is 53.6 Å². The summed E-state index contributed by atoms with van der Waals surface area (Å²) < 4.78 is 52.1. The second-order valence-electron chi connectivity index (χ2n) is 6.79. The number of Topliss-reactive ketones (excluding diaryl/α,β-unsaturated/α-hetero) is 1. The van der Waals surface area contributed by atoms with Gasteiger partial charge in [-0.3, -0.25) is 9.59 Å². The summed E-state index contributed by atoms with van der Waals surface area (Å²) in [5, 5.41) is 10.4. The minimum atomic E-state index is -4.85. The third kappa shape index (κ3) is 5.00. The van der Waals surface area contributed by atoms with Crippen LogP contribution in [0, 0.1) is 12.7 Å². The topological polar surface area (TPSA) is 83.0 Å². The van der Waals surface area contributed by atoms with Gasteiger partial charge in [0.15, 0.2) is 5.78 Å². The summed E-state index contributed by atoms with van der Waals surface area (Å²) in [4.78, 5) is 30.3. The first-order valence-corrected chi connectivity index (χ1v) is 7.99. The van der Waals surface area contributed by atoms with Crippen molar-refractivity contribution in [2.75, 3.05) is 0 Å². The van der Waals surface area contributed by atoms with E-state index >= 15 is 0 Å². The van der Waals surface area contributed by atoms with E-state index in [1.807, 2.05) is 0 Å². The van der Waals surface area contributed by atoms with E-state index in [-0.39, 0.29) is 23.5 Å². The minimum absolute atomic E-state index is 0.0305. The van der Waals surface area contributed by atoms with Crippen LogP contribution in [-0.4, -0.2) is 26.5 Å². The molecule has 1 heterocycles. The van der Waals surface area contributed by atoms with E-state index in [1.54, 1.807) is 0 Å². The van der Waals surface area contributed by atoms with Crippen molar-refractivity contribution in [2.45, 2.75) is 44.9 Å². The molecule has 0 saturated carbocycles. The Balaban J connectivity index is 2.41. The van der Waals surface area contributed by atoms with Gasteiger partial charge in [0.25, 0.3) is 5.56 Å². The Morgan fingerprint density at radius 3 is 2.37 bits per heavy atom. The lowest BCUT2D eigenvalue weighted by Gasteiger charge is -2.29. The minimum Gasteiger partial charge on any atom is -0.390 e. The zero-order valence-corrected chi connectivity index (χ0v) is 14.8. The molecule has 0 aliphatic rings. The van der Waals surface area contributed by atoms with E-state index in [1.165, 1.54) is 20.8 Å². The highest BCUT2D eigenvalue weighted by Gasteiger charge is 2.36. The second-order valence-corrected chi connectivity index (χ2v) is 6.79. The molecule has 0 fully saturated rings. The summed E-state index contributed by atoms with van der Waals surface area (Å²) in [6, 6.07) is 3.25. The molecule has 2 rings (SSSR count). The summed E-state index contributed by atoms with van der Waals surface area (Å²) in [7, 11) is 0. The number of aromatic nitrogens is 2. The number of benzene rings is 1.